The Morgan fingerprint density at radius 1 is 0.375 bits per heavy atom. The van der Waals surface area contributed by atoms with Crippen molar-refractivity contribution >= 4 is 96.1 Å². The molecule has 6 atom stereocenters. The fourth-order valence-electron chi connectivity index (χ4n) is 18.0. The molecular weight excluding hydrogens is 1450 g/mol. The van der Waals surface area contributed by atoms with Gasteiger partial charge in [-0.05, 0) is 196 Å². The summed E-state index contributed by atoms with van der Waals surface area (Å²) in [5.41, 5.74) is 7.59. The van der Waals surface area contributed by atoms with Crippen LogP contribution in [0.2, 0.25) is 12.1 Å². The Bertz CT molecular complexity index is 4590. The molecule has 2 N–H and O–H groups in total. The third-order valence-corrected chi connectivity index (χ3v) is 29.9. The van der Waals surface area contributed by atoms with Crippen LogP contribution in [0.3, 0.4) is 0 Å². The van der Waals surface area contributed by atoms with Gasteiger partial charge in [-0.25, -0.2) is 0 Å². The molecule has 9 aromatic rings. The quantitative estimate of drug-likeness (QED) is 0.0185. The number of nitrogens with one attached hydrogen (secondary N) is 2. The summed E-state index contributed by atoms with van der Waals surface area (Å²) in [4.78, 5) is 100. The second kappa shape index (κ2) is 33.1. The van der Waals surface area contributed by atoms with E-state index >= 15 is 28.8 Å². The molecule has 2 aliphatic heterocycles. The second-order valence-electron chi connectivity index (χ2n) is 31.7. The van der Waals surface area contributed by atoms with Crippen molar-refractivity contribution in [2.45, 2.75) is 196 Å². The minimum atomic E-state index is -3.01. The number of fused-ring (bicyclic) bond motifs is 2. The molecule has 0 saturated heterocycles. The van der Waals surface area contributed by atoms with Crippen molar-refractivity contribution in [2.75, 3.05) is 42.7 Å². The van der Waals surface area contributed by atoms with Gasteiger partial charge in [-0.1, -0.05) is 130 Å². The van der Waals surface area contributed by atoms with E-state index in [1.54, 1.807) is 66.9 Å². The van der Waals surface area contributed by atoms with E-state index in [1.165, 1.54) is 0 Å². The Morgan fingerprint density at radius 3 is 0.857 bits per heavy atom. The number of ether oxygens (including phenoxy) is 4. The van der Waals surface area contributed by atoms with Crippen molar-refractivity contribution < 1.29 is 74.3 Å². The molecule has 6 amide bonds. The van der Waals surface area contributed by atoms with Gasteiger partial charge >= 0.3 is 17.6 Å². The highest BCUT2D eigenvalue weighted by Gasteiger charge is 2.50. The largest absolute Gasteiger partial charge is 0.500 e. The van der Waals surface area contributed by atoms with Crippen LogP contribution in [0.1, 0.15) is 193 Å². The van der Waals surface area contributed by atoms with Crippen LogP contribution in [0.4, 0.5) is 0 Å². The van der Waals surface area contributed by atoms with Crippen LogP contribution in [0, 0.1) is 51.4 Å². The molecule has 6 unspecified atom stereocenters. The summed E-state index contributed by atoms with van der Waals surface area (Å²) in [5, 5.41) is 9.19. The third kappa shape index (κ3) is 15.0. The van der Waals surface area contributed by atoms with Crippen molar-refractivity contribution in [2.24, 2.45) is 23.7 Å². The van der Waals surface area contributed by atoms with Gasteiger partial charge in [0, 0.05) is 110 Å². The molecule has 13 rings (SSSR count). The Labute approximate surface area is 659 Å². The lowest BCUT2D eigenvalue weighted by Gasteiger charge is -2.39. The number of nitrogens with zero attached hydrogens (tertiary/aromatic N) is 2. The van der Waals surface area contributed by atoms with Gasteiger partial charge in [0.2, 0.25) is 11.8 Å². The fraction of sp³-hybridized carbons (Fsp3) is 0.444. The topological polar surface area (TPSA) is 225 Å². The maximum Gasteiger partial charge on any atom is 0.500 e. The Kier molecular flexibility index (Phi) is 24.0. The van der Waals surface area contributed by atoms with Gasteiger partial charge in [0.15, 0.2) is 0 Å². The van der Waals surface area contributed by atoms with Crippen LogP contribution in [-0.2, 0) is 61.8 Å². The van der Waals surface area contributed by atoms with Gasteiger partial charge in [-0.3, -0.25) is 38.6 Å². The molecule has 592 valence electrons. The van der Waals surface area contributed by atoms with Gasteiger partial charge in [0.05, 0.1) is 22.3 Å². The Balaban J connectivity index is 1.12. The standard InChI is InChI=1S/C90H108N4O16Si2/c1-19-55-29-33-67(51(9)37-55)107-71-43-63-75-64(88(98)93(87(63)97)83(49(5)6)85(95)91-61-27-23-25-59(41-61)47-111(101-13,102-14)103-15)45-73(109-69-35-31-57(21-3)39-53(69)11)79-80-74(110-70-36-32-58(22-4)40-54(70)12)46-66-76-65(44-72(78(82(76)80)77(71)81(75)79)108-68-34-30-56(20-2)38-52(68)10)89(99)94(90(66)100)84(50(7)8)86(96)92-62-28-24-26-60(42-62)48-112(104-16,105-17)106-18/h29-40,43-46,49-50,59-62,83-84H,19-28,41-42,47-48H2,1-18H3,(H,91,95)(H,92,96). The summed E-state index contributed by atoms with van der Waals surface area (Å²) >= 11 is 0. The number of carbonyl (C=O) groups excluding carboxylic acids is 6. The molecule has 0 aromatic heterocycles. The van der Waals surface area contributed by atoms with Gasteiger partial charge in [-0.15, -0.1) is 0 Å². The van der Waals surface area contributed by atoms with E-state index in [-0.39, 0.29) is 79.9 Å². The molecule has 2 fully saturated rings. The SMILES string of the molecule is CCc1ccc(Oc2cc3c4c(cc(Oc5ccc(CC)cc5C)c5c6c(Oc7ccc(CC)cc7C)cc7c8c(cc(Oc9ccc(CC)cc9C)c(c2c45)c86)C(=O)N(C(C(=O)NC2CCCC(C[Si](OC)(OC)OC)C2)C(C)C)C7=O)C(=O)N(C(C(=O)NC2CCCC(C[Si](OC)(OC)OC)C2)C(C)C)C3=O)c(C)c1. The first-order valence-corrected chi connectivity index (χ1v) is 43.7. The lowest BCUT2D eigenvalue weighted by atomic mass is 9.80. The molecule has 0 radical (unpaired) electrons. The summed E-state index contributed by atoms with van der Waals surface area (Å²) in [5.74, 6) is -2.58. The van der Waals surface area contributed by atoms with Crippen LogP contribution in [0.5, 0.6) is 46.0 Å². The van der Waals surface area contributed by atoms with E-state index in [4.69, 9.17) is 45.5 Å². The highest BCUT2D eigenvalue weighted by molar-refractivity contribution is 6.61. The maximum atomic E-state index is 16.7. The number of hydrogen-bond acceptors (Lipinski definition) is 16. The predicted octanol–water partition coefficient (Wildman–Crippen LogP) is 18.7. The zero-order valence-electron chi connectivity index (χ0n) is 68.2. The molecule has 2 saturated carbocycles. The van der Waals surface area contributed by atoms with E-state index in [2.05, 4.69) is 62.6 Å². The molecule has 2 aliphatic carbocycles. The molecule has 20 nitrogen and oxygen atoms in total. The fourth-order valence-corrected chi connectivity index (χ4v) is 22.1. The number of aryl methyl sites for hydroxylation is 8. The van der Waals surface area contributed by atoms with E-state index in [1.807, 2.05) is 104 Å². The normalized spacial score (nSPS) is 18.1. The number of imide groups is 2. The first kappa shape index (κ1) is 80.9. The average Bonchev–Trinajstić information content (AvgIpc) is 0.669. The van der Waals surface area contributed by atoms with E-state index in [0.717, 1.165) is 106 Å². The van der Waals surface area contributed by atoms with Crippen LogP contribution >= 0.6 is 0 Å². The van der Waals surface area contributed by atoms with E-state index in [9.17, 15) is 0 Å². The van der Waals surface area contributed by atoms with Crippen LogP contribution in [0.15, 0.2) is 97.1 Å². The Hall–Kier alpha value is -9.11. The average molecular weight is 1560 g/mol. The number of rotatable bonds is 30. The second-order valence-corrected chi connectivity index (χ2v) is 37.7. The molecule has 22 heteroatoms. The number of hydrogen-bond donors (Lipinski definition) is 2. The van der Waals surface area contributed by atoms with Crippen molar-refractivity contribution in [3.05, 3.63) is 164 Å². The Morgan fingerprint density at radius 2 is 0.634 bits per heavy atom. The highest BCUT2D eigenvalue weighted by atomic mass is 28.4. The van der Waals surface area contributed by atoms with Gasteiger partial charge in [-0.2, -0.15) is 0 Å². The lowest BCUT2D eigenvalue weighted by molar-refractivity contribution is -0.128. The molecule has 4 aliphatic rings. The minimum absolute atomic E-state index is 0.0623. The number of benzene rings is 9. The third-order valence-electron chi connectivity index (χ3n) is 24.0. The highest BCUT2D eigenvalue weighted by Crippen LogP contribution is 2.59. The summed E-state index contributed by atoms with van der Waals surface area (Å²) in [6, 6.07) is 28.3. The van der Waals surface area contributed by atoms with E-state index in [0.29, 0.717) is 93.1 Å². The molecule has 9 aromatic carbocycles. The summed E-state index contributed by atoms with van der Waals surface area (Å²) in [6.45, 7) is 23.5. The lowest BCUT2D eigenvalue weighted by Crippen LogP contribution is -2.57. The van der Waals surface area contributed by atoms with E-state index < -0.39 is 77.0 Å². The summed E-state index contributed by atoms with van der Waals surface area (Å²) in [6.07, 6.45) is 8.84. The zero-order chi connectivity index (χ0) is 80.1. The van der Waals surface area contributed by atoms with Crippen molar-refractivity contribution in [3.63, 3.8) is 0 Å². The van der Waals surface area contributed by atoms with Gasteiger partial charge in [0.25, 0.3) is 23.6 Å². The van der Waals surface area contributed by atoms with Crippen molar-refractivity contribution in [1.82, 2.24) is 20.4 Å². The maximum absolute atomic E-state index is 16.7. The van der Waals surface area contributed by atoms with Crippen molar-refractivity contribution in [3.8, 4) is 46.0 Å². The molecule has 2 heterocycles. The predicted molar refractivity (Wildman–Crippen MR) is 439 cm³/mol. The van der Waals surface area contributed by atoms with Crippen LogP contribution in [-0.4, -0.2) is 130 Å². The monoisotopic (exact) mass is 1560 g/mol. The first-order valence-electron chi connectivity index (χ1n) is 39.9. The number of carbonyl (C=O) groups is 6. The zero-order valence-corrected chi connectivity index (χ0v) is 70.2. The molecule has 0 spiro atoms. The molecule has 112 heavy (non-hydrogen) atoms. The minimum Gasteiger partial charge on any atom is -0.456 e. The van der Waals surface area contributed by atoms with Gasteiger partial charge < -0.3 is 56.1 Å². The first-order chi connectivity index (χ1) is 53.7. The number of amides is 6. The summed E-state index contributed by atoms with van der Waals surface area (Å²) in [7, 11) is 3.55. The van der Waals surface area contributed by atoms with Crippen LogP contribution in [0.25, 0.3) is 43.1 Å². The van der Waals surface area contributed by atoms with Crippen molar-refractivity contribution in [1.29, 1.82) is 0 Å². The molecule has 0 bridgehead atoms. The summed E-state index contributed by atoms with van der Waals surface area (Å²) < 4.78 is 65.2. The van der Waals surface area contributed by atoms with Gasteiger partial charge in [0.1, 0.15) is 58.1 Å². The molecular formula is C90H108N4O16Si2. The smallest absolute Gasteiger partial charge is 0.456 e. The van der Waals surface area contributed by atoms with Crippen LogP contribution < -0.4 is 29.6 Å².